The molecule has 1 amide bonds. The summed E-state index contributed by atoms with van der Waals surface area (Å²) in [4.78, 5) is 21.6. The highest BCUT2D eigenvalue weighted by atomic mass is 32.1. The summed E-state index contributed by atoms with van der Waals surface area (Å²) in [5, 5.41) is 17.5. The maximum atomic E-state index is 13.0. The van der Waals surface area contributed by atoms with E-state index in [4.69, 9.17) is 9.47 Å². The van der Waals surface area contributed by atoms with Crippen LogP contribution >= 0.6 is 11.3 Å². The molecule has 1 aromatic carbocycles. The third-order valence-electron chi connectivity index (χ3n) is 5.27. The Hall–Kier alpha value is -3.43. The molecule has 1 unspecified atom stereocenters. The topological polar surface area (TPSA) is 98.5 Å². The van der Waals surface area contributed by atoms with Crippen LogP contribution in [0.2, 0.25) is 0 Å². The van der Waals surface area contributed by atoms with E-state index >= 15 is 0 Å². The molecule has 4 rings (SSSR count). The molecule has 0 saturated heterocycles. The number of aryl methyl sites for hydroxylation is 1. The molecule has 4 aromatic rings. The second-order valence-corrected chi connectivity index (χ2v) is 8.27. The third-order valence-corrected chi connectivity index (χ3v) is 6.22. The van der Waals surface area contributed by atoms with Crippen molar-refractivity contribution in [2.45, 2.75) is 26.5 Å². The van der Waals surface area contributed by atoms with Crippen molar-refractivity contribution >= 4 is 33.8 Å². The lowest BCUT2D eigenvalue weighted by Crippen LogP contribution is -2.21. The summed E-state index contributed by atoms with van der Waals surface area (Å²) in [5.41, 5.74) is 3.66. The smallest absolute Gasteiger partial charge is 0.257 e. The second kappa shape index (κ2) is 8.97. The number of nitrogens with one attached hydrogen (secondary N) is 1. The number of rotatable bonds is 7. The van der Waals surface area contributed by atoms with Gasteiger partial charge < -0.3 is 24.5 Å². The lowest BCUT2D eigenvalue weighted by atomic mass is 10.0. The molecule has 0 aliphatic heterocycles. The molecule has 2 N–H and O–H groups in total. The summed E-state index contributed by atoms with van der Waals surface area (Å²) in [6, 6.07) is 8.87. The normalized spacial score (nSPS) is 12.0. The first-order valence-electron chi connectivity index (χ1n) is 9.98. The van der Waals surface area contributed by atoms with Gasteiger partial charge in [-0.15, -0.1) is 11.3 Å². The quantitative estimate of drug-likeness (QED) is 0.442. The van der Waals surface area contributed by atoms with Gasteiger partial charge in [0.05, 0.1) is 20.8 Å². The number of fused-ring (bicyclic) bond motifs is 1. The summed E-state index contributed by atoms with van der Waals surface area (Å²) in [7, 11) is 3.08. The van der Waals surface area contributed by atoms with Crippen LogP contribution in [0.1, 0.15) is 28.1 Å². The van der Waals surface area contributed by atoms with Gasteiger partial charge in [-0.05, 0) is 38.1 Å². The van der Waals surface area contributed by atoms with Crippen LogP contribution in [0.4, 0.5) is 5.69 Å². The first-order valence-corrected chi connectivity index (χ1v) is 10.9. The van der Waals surface area contributed by atoms with Crippen molar-refractivity contribution < 1.29 is 19.4 Å². The lowest BCUT2D eigenvalue weighted by Gasteiger charge is -2.13. The van der Waals surface area contributed by atoms with Crippen LogP contribution in [-0.2, 0) is 11.3 Å². The molecule has 0 aliphatic rings. The molecule has 8 nitrogen and oxygen atoms in total. The number of aliphatic hydroxyl groups excluding tert-OH is 1. The van der Waals surface area contributed by atoms with Gasteiger partial charge in [-0.2, -0.15) is 0 Å². The van der Waals surface area contributed by atoms with Gasteiger partial charge in [0, 0.05) is 51.2 Å². The Morgan fingerprint density at radius 3 is 2.72 bits per heavy atom. The fourth-order valence-corrected chi connectivity index (χ4v) is 4.47. The molecule has 0 bridgehead atoms. The number of ether oxygens (including phenoxy) is 2. The number of anilines is 1. The van der Waals surface area contributed by atoms with E-state index in [9.17, 15) is 9.90 Å². The molecule has 166 valence electrons. The molecule has 0 spiro atoms. The molecule has 0 saturated carbocycles. The Balaban J connectivity index is 1.74. The Morgan fingerprint density at radius 1 is 1.22 bits per heavy atom. The lowest BCUT2D eigenvalue weighted by molar-refractivity contribution is -0.124. The number of thiazole rings is 1. The third kappa shape index (κ3) is 4.17. The SMILES string of the molecule is COc1ccc2c(c1)c(C(O)C(=O)Nc1ccnc(OC)c1)c(C)n2Cc1nc(C)cs1. The number of aromatic nitrogens is 3. The van der Waals surface area contributed by atoms with Crippen LogP contribution in [0.5, 0.6) is 11.6 Å². The number of carbonyl (C=O) groups excluding carboxylic acids is 1. The number of hydrogen-bond acceptors (Lipinski definition) is 7. The van der Waals surface area contributed by atoms with Crippen molar-refractivity contribution in [2.75, 3.05) is 19.5 Å². The molecule has 0 aliphatic carbocycles. The van der Waals surface area contributed by atoms with Gasteiger partial charge in [-0.3, -0.25) is 4.79 Å². The molecular formula is C23H24N4O4S. The largest absolute Gasteiger partial charge is 0.497 e. The first-order chi connectivity index (χ1) is 15.4. The Kier molecular flexibility index (Phi) is 6.11. The number of pyridine rings is 1. The van der Waals surface area contributed by atoms with Crippen molar-refractivity contribution in [1.29, 1.82) is 0 Å². The fraction of sp³-hybridized carbons (Fsp3) is 0.261. The van der Waals surface area contributed by atoms with E-state index in [2.05, 4.69) is 19.9 Å². The van der Waals surface area contributed by atoms with E-state index in [0.29, 0.717) is 29.4 Å². The van der Waals surface area contributed by atoms with Crippen LogP contribution in [0.3, 0.4) is 0 Å². The van der Waals surface area contributed by atoms with Crippen molar-refractivity contribution in [3.63, 3.8) is 0 Å². The zero-order chi connectivity index (χ0) is 22.8. The zero-order valence-corrected chi connectivity index (χ0v) is 19.1. The number of hydrogen-bond donors (Lipinski definition) is 2. The van der Waals surface area contributed by atoms with Gasteiger partial charge in [0.25, 0.3) is 5.91 Å². The van der Waals surface area contributed by atoms with Gasteiger partial charge >= 0.3 is 0 Å². The van der Waals surface area contributed by atoms with E-state index in [1.807, 2.05) is 37.4 Å². The zero-order valence-electron chi connectivity index (χ0n) is 18.2. The van der Waals surface area contributed by atoms with E-state index in [1.165, 1.54) is 13.3 Å². The second-order valence-electron chi connectivity index (χ2n) is 7.33. The Labute approximate surface area is 189 Å². The molecular weight excluding hydrogens is 428 g/mol. The number of methoxy groups -OCH3 is 2. The number of amides is 1. The monoisotopic (exact) mass is 452 g/mol. The number of benzene rings is 1. The summed E-state index contributed by atoms with van der Waals surface area (Å²) < 4.78 is 12.5. The average Bonchev–Trinajstić information content (AvgIpc) is 3.33. The van der Waals surface area contributed by atoms with Crippen LogP contribution in [0.25, 0.3) is 10.9 Å². The van der Waals surface area contributed by atoms with Gasteiger partial charge in [-0.1, -0.05) is 0 Å². The van der Waals surface area contributed by atoms with Gasteiger partial charge in [0.15, 0.2) is 6.10 Å². The van der Waals surface area contributed by atoms with Crippen LogP contribution < -0.4 is 14.8 Å². The van der Waals surface area contributed by atoms with Crippen molar-refractivity contribution in [3.8, 4) is 11.6 Å². The molecule has 3 aromatic heterocycles. The van der Waals surface area contributed by atoms with Crippen molar-refractivity contribution in [2.24, 2.45) is 0 Å². The molecule has 3 heterocycles. The average molecular weight is 453 g/mol. The minimum atomic E-state index is -1.39. The molecule has 9 heteroatoms. The Morgan fingerprint density at radius 2 is 2.03 bits per heavy atom. The van der Waals surface area contributed by atoms with Crippen molar-refractivity contribution in [1.82, 2.24) is 14.5 Å². The number of carbonyl (C=O) groups is 1. The molecule has 0 fully saturated rings. The summed E-state index contributed by atoms with van der Waals surface area (Å²) in [6.45, 7) is 4.40. The summed E-state index contributed by atoms with van der Waals surface area (Å²) >= 11 is 1.58. The van der Waals surface area contributed by atoms with Gasteiger partial charge in [-0.25, -0.2) is 9.97 Å². The maximum absolute atomic E-state index is 13.0. The minimum absolute atomic E-state index is 0.369. The molecule has 32 heavy (non-hydrogen) atoms. The highest BCUT2D eigenvalue weighted by Crippen LogP contribution is 2.35. The highest BCUT2D eigenvalue weighted by Gasteiger charge is 2.26. The fourth-order valence-electron chi connectivity index (χ4n) is 3.71. The number of aliphatic hydroxyl groups is 1. The predicted octanol–water partition coefficient (Wildman–Crippen LogP) is 3.85. The van der Waals surface area contributed by atoms with E-state index in [-0.39, 0.29) is 0 Å². The maximum Gasteiger partial charge on any atom is 0.257 e. The van der Waals surface area contributed by atoms with E-state index in [0.717, 1.165) is 27.3 Å². The molecule has 1 atom stereocenters. The minimum Gasteiger partial charge on any atom is -0.497 e. The summed E-state index contributed by atoms with van der Waals surface area (Å²) in [5.74, 6) is 0.467. The standard InChI is InChI=1S/C23H24N4O4S/c1-13-12-32-20(25-13)11-27-14(2)21(17-10-16(30-3)5-6-18(17)27)22(28)23(29)26-15-7-8-24-19(9-15)31-4/h5-10,12,22,28H,11H2,1-4H3,(H,24,26,29). The van der Waals surface area contributed by atoms with Crippen LogP contribution in [-0.4, -0.2) is 39.8 Å². The Bertz CT molecular complexity index is 1280. The van der Waals surface area contributed by atoms with Gasteiger partial charge in [0.1, 0.15) is 10.8 Å². The van der Waals surface area contributed by atoms with Crippen molar-refractivity contribution in [3.05, 3.63) is 63.9 Å². The number of nitrogens with zero attached hydrogens (tertiary/aromatic N) is 3. The van der Waals surface area contributed by atoms with Gasteiger partial charge in [0.2, 0.25) is 5.88 Å². The molecule has 0 radical (unpaired) electrons. The predicted molar refractivity (Wildman–Crippen MR) is 124 cm³/mol. The first kappa shape index (κ1) is 21.8. The van der Waals surface area contributed by atoms with E-state index < -0.39 is 12.0 Å². The highest BCUT2D eigenvalue weighted by molar-refractivity contribution is 7.09. The van der Waals surface area contributed by atoms with E-state index in [1.54, 1.807) is 30.6 Å². The van der Waals surface area contributed by atoms with Crippen LogP contribution in [0, 0.1) is 13.8 Å². The summed E-state index contributed by atoms with van der Waals surface area (Å²) in [6.07, 6.45) is 0.141. The van der Waals surface area contributed by atoms with Crippen LogP contribution in [0.15, 0.2) is 41.9 Å².